The van der Waals surface area contributed by atoms with Gasteiger partial charge in [0.2, 0.25) is 5.91 Å². The summed E-state index contributed by atoms with van der Waals surface area (Å²) in [6.45, 7) is 2.42. The highest BCUT2D eigenvalue weighted by Gasteiger charge is 2.41. The summed E-state index contributed by atoms with van der Waals surface area (Å²) < 4.78 is 1.29. The van der Waals surface area contributed by atoms with Crippen molar-refractivity contribution in [3.05, 3.63) is 40.3 Å². The van der Waals surface area contributed by atoms with E-state index in [1.54, 1.807) is 13.1 Å². The molecule has 1 atom stereocenters. The fraction of sp³-hybridized carbons (Fsp3) is 0.471. The van der Waals surface area contributed by atoms with E-state index in [4.69, 9.17) is 5.73 Å². The molecule has 6 nitrogen and oxygen atoms in total. The van der Waals surface area contributed by atoms with Crippen LogP contribution in [0.1, 0.15) is 25.5 Å². The number of benzene rings is 1. The second kappa shape index (κ2) is 5.77. The first kappa shape index (κ1) is 15.7. The predicted octanol–water partition coefficient (Wildman–Crippen LogP) is 0.720. The average Bonchev–Trinajstić information content (AvgIpc) is 3.37. The van der Waals surface area contributed by atoms with E-state index in [1.807, 2.05) is 25.1 Å². The minimum Gasteiger partial charge on any atom is -0.349 e. The Bertz CT molecular complexity index is 810. The van der Waals surface area contributed by atoms with Crippen molar-refractivity contribution in [2.75, 3.05) is 6.54 Å². The number of fused-ring (bicyclic) bond motifs is 1. The zero-order chi connectivity index (χ0) is 16.6. The lowest BCUT2D eigenvalue weighted by Crippen LogP contribution is -2.53. The van der Waals surface area contributed by atoms with Crippen LogP contribution >= 0.6 is 0 Å². The molecule has 1 unspecified atom stereocenters. The summed E-state index contributed by atoms with van der Waals surface area (Å²) >= 11 is 0. The topological polar surface area (TPSA) is 90.0 Å². The van der Waals surface area contributed by atoms with Crippen LogP contribution in [0.15, 0.2) is 29.1 Å². The Labute approximate surface area is 134 Å². The minimum atomic E-state index is -0.354. The quantitative estimate of drug-likeness (QED) is 0.851. The number of hydrogen-bond donors (Lipinski definition) is 2. The Morgan fingerprint density at radius 3 is 2.65 bits per heavy atom. The fourth-order valence-electron chi connectivity index (χ4n) is 3.06. The number of aryl methyl sites for hydroxylation is 1. The van der Waals surface area contributed by atoms with Gasteiger partial charge in [0.15, 0.2) is 0 Å². The van der Waals surface area contributed by atoms with Crippen LogP contribution in [-0.2, 0) is 18.3 Å². The Kier molecular flexibility index (Phi) is 3.93. The first-order valence-corrected chi connectivity index (χ1v) is 7.90. The van der Waals surface area contributed by atoms with Gasteiger partial charge in [-0.2, -0.15) is 5.10 Å². The van der Waals surface area contributed by atoms with Crippen LogP contribution in [0, 0.1) is 5.92 Å². The molecular weight excluding hydrogens is 292 g/mol. The summed E-state index contributed by atoms with van der Waals surface area (Å²) in [6, 6.07) is 7.25. The average molecular weight is 314 g/mol. The smallest absolute Gasteiger partial charge is 0.274 e. The van der Waals surface area contributed by atoms with Crippen LogP contribution in [0.5, 0.6) is 0 Å². The minimum absolute atomic E-state index is 0.110. The Hall–Kier alpha value is -2.21. The fourth-order valence-corrected chi connectivity index (χ4v) is 3.06. The second-order valence-electron chi connectivity index (χ2n) is 6.54. The molecule has 3 N–H and O–H groups in total. The lowest BCUT2D eigenvalue weighted by atomic mass is 9.95. The van der Waals surface area contributed by atoms with Gasteiger partial charge in [0.25, 0.3) is 5.56 Å². The SMILES string of the molecule is Cn1nc(CC(=O)NC(C)(CN)C2CC2)c2ccccc2c1=O. The molecule has 1 aliphatic carbocycles. The first-order chi connectivity index (χ1) is 10.9. The Morgan fingerprint density at radius 1 is 1.39 bits per heavy atom. The molecule has 1 saturated carbocycles. The summed E-state index contributed by atoms with van der Waals surface area (Å²) in [5, 5.41) is 8.64. The van der Waals surface area contributed by atoms with Crippen LogP contribution < -0.4 is 16.6 Å². The van der Waals surface area contributed by atoms with Crippen molar-refractivity contribution in [2.24, 2.45) is 18.7 Å². The van der Waals surface area contributed by atoms with Crippen LogP contribution in [0.3, 0.4) is 0 Å². The van der Waals surface area contributed by atoms with E-state index >= 15 is 0 Å². The Balaban J connectivity index is 1.88. The van der Waals surface area contributed by atoms with Gasteiger partial charge in [-0.15, -0.1) is 0 Å². The zero-order valence-corrected chi connectivity index (χ0v) is 13.5. The third-order valence-electron chi connectivity index (χ3n) is 4.69. The van der Waals surface area contributed by atoms with E-state index in [9.17, 15) is 9.59 Å². The number of nitrogens with one attached hydrogen (secondary N) is 1. The highest BCUT2D eigenvalue weighted by molar-refractivity contribution is 5.88. The molecule has 1 amide bonds. The van der Waals surface area contributed by atoms with Crippen molar-refractivity contribution in [3.63, 3.8) is 0 Å². The van der Waals surface area contributed by atoms with E-state index in [1.165, 1.54) is 4.68 Å². The van der Waals surface area contributed by atoms with Gasteiger partial charge in [0, 0.05) is 19.0 Å². The summed E-state index contributed by atoms with van der Waals surface area (Å²) in [5.41, 5.74) is 5.94. The lowest BCUT2D eigenvalue weighted by molar-refractivity contribution is -0.122. The summed E-state index contributed by atoms with van der Waals surface area (Å²) in [6.07, 6.45) is 2.35. The number of rotatable bonds is 5. The van der Waals surface area contributed by atoms with Crippen molar-refractivity contribution in [3.8, 4) is 0 Å². The highest BCUT2D eigenvalue weighted by atomic mass is 16.2. The van der Waals surface area contributed by atoms with Gasteiger partial charge in [0.1, 0.15) is 0 Å². The standard InChI is InChI=1S/C17H22N4O2/c1-17(10-18,11-7-8-11)19-15(22)9-14-12-5-3-4-6-13(12)16(23)21(2)20-14/h3-6,11H,7-10,18H2,1-2H3,(H,19,22). The third kappa shape index (κ3) is 2.99. The molecule has 1 aliphatic rings. The number of carbonyl (C=O) groups excluding carboxylic acids is 1. The molecule has 0 spiro atoms. The molecule has 2 aromatic rings. The molecule has 1 fully saturated rings. The van der Waals surface area contributed by atoms with Crippen molar-refractivity contribution < 1.29 is 4.79 Å². The molecule has 0 saturated heterocycles. The van der Waals surface area contributed by atoms with Gasteiger partial charge in [-0.25, -0.2) is 4.68 Å². The number of amides is 1. The largest absolute Gasteiger partial charge is 0.349 e. The summed E-state index contributed by atoms with van der Waals surface area (Å²) in [5.74, 6) is 0.349. The molecule has 0 aliphatic heterocycles. The van der Waals surface area contributed by atoms with Crippen LogP contribution in [0.4, 0.5) is 0 Å². The molecule has 122 valence electrons. The maximum atomic E-state index is 12.5. The van der Waals surface area contributed by atoms with E-state index in [0.717, 1.165) is 18.2 Å². The number of hydrogen-bond acceptors (Lipinski definition) is 4. The van der Waals surface area contributed by atoms with E-state index in [0.29, 0.717) is 23.5 Å². The maximum absolute atomic E-state index is 12.5. The van der Waals surface area contributed by atoms with Gasteiger partial charge >= 0.3 is 0 Å². The first-order valence-electron chi connectivity index (χ1n) is 7.90. The molecule has 1 heterocycles. The van der Waals surface area contributed by atoms with Gasteiger partial charge in [-0.05, 0) is 31.7 Å². The molecule has 0 bridgehead atoms. The highest BCUT2D eigenvalue weighted by Crippen LogP contribution is 2.39. The summed E-state index contributed by atoms with van der Waals surface area (Å²) in [7, 11) is 1.60. The van der Waals surface area contributed by atoms with Gasteiger partial charge < -0.3 is 11.1 Å². The molecular formula is C17H22N4O2. The van der Waals surface area contributed by atoms with E-state index in [-0.39, 0.29) is 23.4 Å². The van der Waals surface area contributed by atoms with E-state index < -0.39 is 0 Å². The van der Waals surface area contributed by atoms with Gasteiger partial charge in [-0.1, -0.05) is 18.2 Å². The molecule has 1 aromatic carbocycles. The second-order valence-corrected chi connectivity index (χ2v) is 6.54. The van der Waals surface area contributed by atoms with Crippen molar-refractivity contribution >= 4 is 16.7 Å². The maximum Gasteiger partial charge on any atom is 0.274 e. The zero-order valence-electron chi connectivity index (χ0n) is 13.5. The number of aromatic nitrogens is 2. The monoisotopic (exact) mass is 314 g/mol. The van der Waals surface area contributed by atoms with Crippen LogP contribution in [-0.4, -0.2) is 27.8 Å². The molecule has 1 aromatic heterocycles. The van der Waals surface area contributed by atoms with E-state index in [2.05, 4.69) is 10.4 Å². The van der Waals surface area contributed by atoms with Gasteiger partial charge in [0.05, 0.1) is 23.0 Å². The summed E-state index contributed by atoms with van der Waals surface area (Å²) in [4.78, 5) is 24.6. The number of carbonyl (C=O) groups is 1. The molecule has 23 heavy (non-hydrogen) atoms. The molecule has 0 radical (unpaired) electrons. The predicted molar refractivity (Wildman–Crippen MR) is 89.0 cm³/mol. The number of nitrogens with two attached hydrogens (primary N) is 1. The van der Waals surface area contributed by atoms with Crippen molar-refractivity contribution in [2.45, 2.75) is 31.7 Å². The van der Waals surface area contributed by atoms with Crippen molar-refractivity contribution in [1.29, 1.82) is 0 Å². The van der Waals surface area contributed by atoms with Crippen molar-refractivity contribution in [1.82, 2.24) is 15.1 Å². The third-order valence-corrected chi connectivity index (χ3v) is 4.69. The van der Waals surface area contributed by atoms with Crippen LogP contribution in [0.25, 0.3) is 10.8 Å². The lowest BCUT2D eigenvalue weighted by Gasteiger charge is -2.29. The van der Waals surface area contributed by atoms with Crippen LogP contribution in [0.2, 0.25) is 0 Å². The number of nitrogens with zero attached hydrogens (tertiary/aromatic N) is 2. The Morgan fingerprint density at radius 2 is 2.04 bits per heavy atom. The molecule has 6 heteroatoms. The van der Waals surface area contributed by atoms with Gasteiger partial charge in [-0.3, -0.25) is 9.59 Å². The normalized spacial score (nSPS) is 17.0. The molecule has 3 rings (SSSR count).